The SMILES string of the molecule is CCOC(=O)[C@@](C)(CC#N)Cc1ccccc1. The van der Waals surface area contributed by atoms with Gasteiger partial charge in [0.2, 0.25) is 0 Å². The van der Waals surface area contributed by atoms with Crippen LogP contribution in [0.5, 0.6) is 0 Å². The lowest BCUT2D eigenvalue weighted by Gasteiger charge is -2.24. The van der Waals surface area contributed by atoms with Crippen molar-refractivity contribution in [2.45, 2.75) is 26.7 Å². The van der Waals surface area contributed by atoms with Crippen molar-refractivity contribution < 1.29 is 9.53 Å². The van der Waals surface area contributed by atoms with Crippen LogP contribution in [0, 0.1) is 16.7 Å². The van der Waals surface area contributed by atoms with Crippen LogP contribution in [0.15, 0.2) is 30.3 Å². The average molecular weight is 231 g/mol. The molecule has 17 heavy (non-hydrogen) atoms. The lowest BCUT2D eigenvalue weighted by Crippen LogP contribution is -2.32. The van der Waals surface area contributed by atoms with Crippen molar-refractivity contribution in [2.75, 3.05) is 6.61 Å². The van der Waals surface area contributed by atoms with Crippen LogP contribution in [-0.2, 0) is 16.0 Å². The predicted molar refractivity (Wildman–Crippen MR) is 65.1 cm³/mol. The van der Waals surface area contributed by atoms with Crippen LogP contribution in [0.2, 0.25) is 0 Å². The summed E-state index contributed by atoms with van der Waals surface area (Å²) in [5.74, 6) is -0.301. The summed E-state index contributed by atoms with van der Waals surface area (Å²) in [6.45, 7) is 3.89. The molecule has 0 heterocycles. The van der Waals surface area contributed by atoms with Gasteiger partial charge in [0, 0.05) is 0 Å². The van der Waals surface area contributed by atoms with E-state index in [1.54, 1.807) is 13.8 Å². The molecule has 0 aliphatic carbocycles. The van der Waals surface area contributed by atoms with Crippen molar-refractivity contribution in [1.29, 1.82) is 5.26 Å². The molecule has 3 nitrogen and oxygen atoms in total. The number of benzene rings is 1. The maximum Gasteiger partial charge on any atom is 0.313 e. The van der Waals surface area contributed by atoms with Gasteiger partial charge in [0.15, 0.2) is 0 Å². The van der Waals surface area contributed by atoms with Crippen molar-refractivity contribution >= 4 is 5.97 Å². The minimum absolute atomic E-state index is 0.167. The van der Waals surface area contributed by atoms with Crippen molar-refractivity contribution in [2.24, 2.45) is 5.41 Å². The van der Waals surface area contributed by atoms with Gasteiger partial charge in [0.05, 0.1) is 24.5 Å². The van der Waals surface area contributed by atoms with Crippen LogP contribution in [0.4, 0.5) is 0 Å². The zero-order valence-electron chi connectivity index (χ0n) is 10.3. The Hall–Kier alpha value is -1.82. The van der Waals surface area contributed by atoms with E-state index in [0.717, 1.165) is 5.56 Å². The smallest absolute Gasteiger partial charge is 0.313 e. The first-order chi connectivity index (χ1) is 8.12. The van der Waals surface area contributed by atoms with E-state index in [1.165, 1.54) is 0 Å². The Bertz CT molecular complexity index is 408. The molecule has 90 valence electrons. The summed E-state index contributed by atoms with van der Waals surface area (Å²) < 4.78 is 5.04. The number of carbonyl (C=O) groups excluding carboxylic acids is 1. The number of carbonyl (C=O) groups is 1. The Labute approximate surface area is 102 Å². The quantitative estimate of drug-likeness (QED) is 0.732. The van der Waals surface area contributed by atoms with E-state index in [-0.39, 0.29) is 12.4 Å². The largest absolute Gasteiger partial charge is 0.466 e. The summed E-state index contributed by atoms with van der Waals surface area (Å²) >= 11 is 0. The number of esters is 1. The third kappa shape index (κ3) is 3.60. The second-order valence-electron chi connectivity index (χ2n) is 4.28. The molecular formula is C14H17NO2. The summed E-state index contributed by atoms with van der Waals surface area (Å²) in [4.78, 5) is 11.9. The van der Waals surface area contributed by atoms with Gasteiger partial charge >= 0.3 is 5.97 Å². The number of hydrogen-bond donors (Lipinski definition) is 0. The van der Waals surface area contributed by atoms with E-state index in [0.29, 0.717) is 13.0 Å². The molecule has 1 aromatic rings. The molecule has 0 aliphatic rings. The molecule has 3 heteroatoms. The van der Waals surface area contributed by atoms with E-state index in [2.05, 4.69) is 6.07 Å². The first-order valence-corrected chi connectivity index (χ1v) is 5.70. The fourth-order valence-electron chi connectivity index (χ4n) is 1.73. The van der Waals surface area contributed by atoms with Crippen LogP contribution in [0.25, 0.3) is 0 Å². The Morgan fingerprint density at radius 1 is 1.41 bits per heavy atom. The highest BCUT2D eigenvalue weighted by Gasteiger charge is 2.34. The highest BCUT2D eigenvalue weighted by atomic mass is 16.5. The van der Waals surface area contributed by atoms with E-state index < -0.39 is 5.41 Å². The first kappa shape index (κ1) is 13.2. The van der Waals surface area contributed by atoms with E-state index >= 15 is 0 Å². The highest BCUT2D eigenvalue weighted by Crippen LogP contribution is 2.28. The van der Waals surface area contributed by atoms with Gasteiger partial charge in [-0.3, -0.25) is 4.79 Å². The lowest BCUT2D eigenvalue weighted by molar-refractivity contribution is -0.154. The molecule has 0 unspecified atom stereocenters. The van der Waals surface area contributed by atoms with Crippen molar-refractivity contribution in [3.05, 3.63) is 35.9 Å². The molecule has 0 radical (unpaired) electrons. The minimum atomic E-state index is -0.758. The molecule has 1 atom stereocenters. The topological polar surface area (TPSA) is 50.1 Å². The molecule has 0 aromatic heterocycles. The third-order valence-electron chi connectivity index (χ3n) is 2.67. The second-order valence-corrected chi connectivity index (χ2v) is 4.28. The fourth-order valence-corrected chi connectivity index (χ4v) is 1.73. The Morgan fingerprint density at radius 2 is 2.06 bits per heavy atom. The molecule has 1 aromatic carbocycles. The van der Waals surface area contributed by atoms with Gasteiger partial charge < -0.3 is 4.74 Å². The Morgan fingerprint density at radius 3 is 2.59 bits per heavy atom. The summed E-state index contributed by atoms with van der Waals surface area (Å²) in [6, 6.07) is 11.7. The van der Waals surface area contributed by atoms with Gasteiger partial charge in [-0.15, -0.1) is 0 Å². The fraction of sp³-hybridized carbons (Fsp3) is 0.429. The summed E-state index contributed by atoms with van der Waals surface area (Å²) in [7, 11) is 0. The maximum absolute atomic E-state index is 11.9. The Kier molecular flexibility index (Phi) is 4.71. The van der Waals surface area contributed by atoms with Crippen LogP contribution in [-0.4, -0.2) is 12.6 Å². The molecule has 0 saturated carbocycles. The van der Waals surface area contributed by atoms with E-state index in [9.17, 15) is 4.79 Å². The molecule has 0 bridgehead atoms. The molecule has 0 aliphatic heterocycles. The molecule has 0 amide bonds. The van der Waals surface area contributed by atoms with Crippen molar-refractivity contribution in [3.63, 3.8) is 0 Å². The summed E-state index contributed by atoms with van der Waals surface area (Å²) in [5, 5.41) is 8.84. The first-order valence-electron chi connectivity index (χ1n) is 5.70. The van der Waals surface area contributed by atoms with Gasteiger partial charge in [0.1, 0.15) is 0 Å². The normalized spacial score (nSPS) is 13.5. The number of ether oxygens (including phenoxy) is 1. The number of rotatable bonds is 5. The maximum atomic E-state index is 11.9. The molecule has 0 spiro atoms. The molecule has 1 rings (SSSR count). The van der Waals surface area contributed by atoms with Gasteiger partial charge in [-0.1, -0.05) is 30.3 Å². The number of hydrogen-bond acceptors (Lipinski definition) is 3. The number of nitrogens with zero attached hydrogens (tertiary/aromatic N) is 1. The van der Waals surface area contributed by atoms with Crippen LogP contribution >= 0.6 is 0 Å². The van der Waals surface area contributed by atoms with Crippen LogP contribution in [0.3, 0.4) is 0 Å². The average Bonchev–Trinajstić information content (AvgIpc) is 2.31. The summed E-state index contributed by atoms with van der Waals surface area (Å²) in [6.07, 6.45) is 0.695. The number of nitriles is 1. The van der Waals surface area contributed by atoms with Crippen molar-refractivity contribution in [3.8, 4) is 6.07 Å². The lowest BCUT2D eigenvalue weighted by atomic mass is 9.81. The third-order valence-corrected chi connectivity index (χ3v) is 2.67. The monoisotopic (exact) mass is 231 g/mol. The van der Waals surface area contributed by atoms with Crippen molar-refractivity contribution in [1.82, 2.24) is 0 Å². The van der Waals surface area contributed by atoms with Gasteiger partial charge in [0.25, 0.3) is 0 Å². The van der Waals surface area contributed by atoms with Gasteiger partial charge in [-0.05, 0) is 25.8 Å². The van der Waals surface area contributed by atoms with Crippen LogP contribution in [0.1, 0.15) is 25.8 Å². The predicted octanol–water partition coefficient (Wildman–Crippen LogP) is 2.71. The molecule has 0 saturated heterocycles. The standard InChI is InChI=1S/C14H17NO2/c1-3-17-13(16)14(2,9-10-15)11-12-7-5-4-6-8-12/h4-8H,3,9,11H2,1-2H3/t14-/m0/s1. The molecule has 0 N–H and O–H groups in total. The summed E-state index contributed by atoms with van der Waals surface area (Å²) in [5.41, 5.74) is 0.282. The molecule has 0 fully saturated rings. The molecular weight excluding hydrogens is 214 g/mol. The van der Waals surface area contributed by atoms with Gasteiger partial charge in [-0.2, -0.15) is 5.26 Å². The Balaban J connectivity index is 2.86. The van der Waals surface area contributed by atoms with Gasteiger partial charge in [-0.25, -0.2) is 0 Å². The van der Waals surface area contributed by atoms with E-state index in [1.807, 2.05) is 30.3 Å². The van der Waals surface area contributed by atoms with Crippen LogP contribution < -0.4 is 0 Å². The minimum Gasteiger partial charge on any atom is -0.466 e. The zero-order valence-corrected chi connectivity index (χ0v) is 10.3. The highest BCUT2D eigenvalue weighted by molar-refractivity contribution is 5.77. The van der Waals surface area contributed by atoms with E-state index in [4.69, 9.17) is 10.00 Å². The zero-order chi connectivity index (χ0) is 12.7. The second kappa shape index (κ2) is 6.05.